The van der Waals surface area contributed by atoms with Crippen molar-refractivity contribution in [3.8, 4) is 11.1 Å². The standard InChI is InChI=1S/C22H20ClN3O2/c1-14(27)26-9-8-16-11-20(6-7-21(16)26)24-13-18-10-17(12-25-22(18)28)15-2-4-19(23)5-3-15/h2-7,10-12,24H,8-9,13H2,1H3,(H,25,28). The molecule has 0 spiro atoms. The predicted octanol–water partition coefficient (Wildman–Crippen LogP) is 4.22. The van der Waals surface area contributed by atoms with Gasteiger partial charge in [0.1, 0.15) is 0 Å². The molecule has 1 aliphatic heterocycles. The van der Waals surface area contributed by atoms with E-state index in [1.807, 2.05) is 42.5 Å². The van der Waals surface area contributed by atoms with Crippen LogP contribution in [0.1, 0.15) is 18.1 Å². The van der Waals surface area contributed by atoms with Gasteiger partial charge in [-0.25, -0.2) is 0 Å². The smallest absolute Gasteiger partial charge is 0.252 e. The van der Waals surface area contributed by atoms with E-state index in [0.717, 1.165) is 41.0 Å². The number of H-pyrrole nitrogens is 1. The molecule has 0 saturated heterocycles. The van der Waals surface area contributed by atoms with Crippen LogP contribution in [0.15, 0.2) is 59.5 Å². The number of aromatic nitrogens is 1. The molecule has 0 atom stereocenters. The molecule has 0 radical (unpaired) electrons. The highest BCUT2D eigenvalue weighted by Crippen LogP contribution is 2.30. The van der Waals surface area contributed by atoms with Crippen molar-refractivity contribution in [3.63, 3.8) is 0 Å². The minimum absolute atomic E-state index is 0.0602. The molecule has 142 valence electrons. The molecule has 0 saturated carbocycles. The number of halogens is 1. The van der Waals surface area contributed by atoms with Crippen LogP contribution in [0.3, 0.4) is 0 Å². The number of rotatable bonds is 4. The first-order valence-electron chi connectivity index (χ1n) is 9.14. The largest absolute Gasteiger partial charge is 0.381 e. The van der Waals surface area contributed by atoms with Gasteiger partial charge in [0.15, 0.2) is 0 Å². The maximum Gasteiger partial charge on any atom is 0.252 e. The molecule has 1 aliphatic rings. The van der Waals surface area contributed by atoms with E-state index in [4.69, 9.17) is 11.6 Å². The topological polar surface area (TPSA) is 65.2 Å². The van der Waals surface area contributed by atoms with Gasteiger partial charge >= 0.3 is 0 Å². The van der Waals surface area contributed by atoms with Gasteiger partial charge in [-0.15, -0.1) is 0 Å². The van der Waals surface area contributed by atoms with E-state index in [-0.39, 0.29) is 11.5 Å². The molecule has 2 heterocycles. The minimum Gasteiger partial charge on any atom is -0.381 e. The summed E-state index contributed by atoms with van der Waals surface area (Å²) in [5, 5.41) is 3.99. The molecule has 2 aromatic carbocycles. The van der Waals surface area contributed by atoms with Crippen molar-refractivity contribution < 1.29 is 4.79 Å². The first-order chi connectivity index (χ1) is 13.5. The van der Waals surface area contributed by atoms with Gasteiger partial charge in [0.25, 0.3) is 5.56 Å². The Morgan fingerprint density at radius 3 is 2.68 bits per heavy atom. The quantitative estimate of drug-likeness (QED) is 0.697. The van der Waals surface area contributed by atoms with Crippen LogP contribution in [0, 0.1) is 0 Å². The number of hydrogen-bond donors (Lipinski definition) is 2. The summed E-state index contributed by atoms with van der Waals surface area (Å²) in [7, 11) is 0. The molecule has 0 fully saturated rings. The van der Waals surface area contributed by atoms with Crippen LogP contribution in [0.2, 0.25) is 5.02 Å². The van der Waals surface area contributed by atoms with E-state index in [0.29, 0.717) is 17.1 Å². The molecule has 28 heavy (non-hydrogen) atoms. The van der Waals surface area contributed by atoms with Gasteiger partial charge in [0.2, 0.25) is 5.91 Å². The lowest BCUT2D eigenvalue weighted by atomic mass is 10.1. The summed E-state index contributed by atoms with van der Waals surface area (Å²) in [5.74, 6) is 0.0602. The molecule has 1 amide bonds. The average Bonchev–Trinajstić information content (AvgIpc) is 3.11. The third kappa shape index (κ3) is 3.66. The van der Waals surface area contributed by atoms with Gasteiger partial charge in [0.05, 0.1) is 0 Å². The van der Waals surface area contributed by atoms with Crippen LogP contribution >= 0.6 is 11.6 Å². The lowest BCUT2D eigenvalue weighted by Gasteiger charge is -2.15. The summed E-state index contributed by atoms with van der Waals surface area (Å²) in [6.07, 6.45) is 2.55. The third-order valence-corrected chi connectivity index (χ3v) is 5.25. The second-order valence-electron chi connectivity index (χ2n) is 6.87. The van der Waals surface area contributed by atoms with Crippen molar-refractivity contribution in [1.82, 2.24) is 4.98 Å². The Kier molecular flexibility index (Phi) is 4.92. The van der Waals surface area contributed by atoms with Crippen molar-refractivity contribution in [2.75, 3.05) is 16.8 Å². The summed E-state index contributed by atoms with van der Waals surface area (Å²) < 4.78 is 0. The Labute approximate surface area is 168 Å². The lowest BCUT2D eigenvalue weighted by Crippen LogP contribution is -2.25. The molecule has 0 bridgehead atoms. The van der Waals surface area contributed by atoms with Crippen LogP contribution < -0.4 is 15.8 Å². The van der Waals surface area contributed by atoms with E-state index in [9.17, 15) is 9.59 Å². The zero-order valence-corrected chi connectivity index (χ0v) is 16.2. The second-order valence-corrected chi connectivity index (χ2v) is 7.30. The van der Waals surface area contributed by atoms with Crippen LogP contribution in [-0.2, 0) is 17.8 Å². The van der Waals surface area contributed by atoms with E-state index in [2.05, 4.69) is 16.4 Å². The number of nitrogens with zero attached hydrogens (tertiary/aromatic N) is 1. The molecule has 3 aromatic rings. The molecular weight excluding hydrogens is 374 g/mol. The highest BCUT2D eigenvalue weighted by molar-refractivity contribution is 6.30. The Bertz CT molecular complexity index is 1090. The van der Waals surface area contributed by atoms with Crippen molar-refractivity contribution in [3.05, 3.63) is 81.2 Å². The Morgan fingerprint density at radius 1 is 1.14 bits per heavy atom. The number of amides is 1. The number of hydrogen-bond acceptors (Lipinski definition) is 3. The number of nitrogens with one attached hydrogen (secondary N) is 2. The van der Waals surface area contributed by atoms with Crippen molar-refractivity contribution >= 4 is 28.9 Å². The number of benzene rings is 2. The maximum absolute atomic E-state index is 12.2. The number of anilines is 2. The Morgan fingerprint density at radius 2 is 1.93 bits per heavy atom. The molecule has 1 aromatic heterocycles. The predicted molar refractivity (Wildman–Crippen MR) is 113 cm³/mol. The first kappa shape index (κ1) is 18.3. The lowest BCUT2D eigenvalue weighted by molar-refractivity contribution is -0.116. The summed E-state index contributed by atoms with van der Waals surface area (Å²) in [6.45, 7) is 2.71. The highest BCUT2D eigenvalue weighted by atomic mass is 35.5. The normalized spacial score (nSPS) is 12.7. The fraction of sp³-hybridized carbons (Fsp3) is 0.182. The molecule has 6 heteroatoms. The zero-order chi connectivity index (χ0) is 19.7. The minimum atomic E-state index is -0.117. The van der Waals surface area contributed by atoms with Gasteiger partial charge in [-0.2, -0.15) is 0 Å². The molecule has 5 nitrogen and oxygen atoms in total. The number of carbonyl (C=O) groups is 1. The van der Waals surface area contributed by atoms with Crippen LogP contribution in [0.4, 0.5) is 11.4 Å². The van der Waals surface area contributed by atoms with Crippen molar-refractivity contribution in [2.24, 2.45) is 0 Å². The first-order valence-corrected chi connectivity index (χ1v) is 9.51. The molecule has 4 rings (SSSR count). The van der Waals surface area contributed by atoms with Gasteiger partial charge in [-0.1, -0.05) is 23.7 Å². The number of carbonyl (C=O) groups excluding carboxylic acids is 1. The number of fused-ring (bicyclic) bond motifs is 1. The summed E-state index contributed by atoms with van der Waals surface area (Å²) in [5.41, 5.74) is 5.50. The summed E-state index contributed by atoms with van der Waals surface area (Å²) >= 11 is 5.95. The third-order valence-electron chi connectivity index (χ3n) is 5.00. The summed E-state index contributed by atoms with van der Waals surface area (Å²) in [6, 6.07) is 15.3. The van der Waals surface area contributed by atoms with E-state index < -0.39 is 0 Å². The van der Waals surface area contributed by atoms with E-state index >= 15 is 0 Å². The van der Waals surface area contributed by atoms with Gasteiger partial charge in [-0.3, -0.25) is 9.59 Å². The van der Waals surface area contributed by atoms with Gasteiger partial charge < -0.3 is 15.2 Å². The van der Waals surface area contributed by atoms with E-state index in [1.165, 1.54) is 0 Å². The number of pyridine rings is 1. The Balaban J connectivity index is 1.52. The molecule has 0 unspecified atom stereocenters. The maximum atomic E-state index is 12.2. The van der Waals surface area contributed by atoms with Crippen molar-refractivity contribution in [1.29, 1.82) is 0 Å². The van der Waals surface area contributed by atoms with E-state index in [1.54, 1.807) is 18.0 Å². The average molecular weight is 394 g/mol. The fourth-order valence-corrected chi connectivity index (χ4v) is 3.63. The van der Waals surface area contributed by atoms with Gasteiger partial charge in [-0.05, 0) is 59.5 Å². The molecule has 2 N–H and O–H groups in total. The Hall–Kier alpha value is -3.05. The number of aromatic amines is 1. The summed E-state index contributed by atoms with van der Waals surface area (Å²) in [4.78, 5) is 28.5. The zero-order valence-electron chi connectivity index (χ0n) is 15.5. The second kappa shape index (κ2) is 7.52. The van der Waals surface area contributed by atoms with Crippen LogP contribution in [-0.4, -0.2) is 17.4 Å². The molecular formula is C22H20ClN3O2. The van der Waals surface area contributed by atoms with Crippen LogP contribution in [0.25, 0.3) is 11.1 Å². The fourth-order valence-electron chi connectivity index (χ4n) is 3.51. The van der Waals surface area contributed by atoms with Crippen molar-refractivity contribution in [2.45, 2.75) is 19.9 Å². The SMILES string of the molecule is CC(=O)N1CCc2cc(NCc3cc(-c4ccc(Cl)cc4)c[nH]c3=O)ccc21. The monoisotopic (exact) mass is 393 g/mol. The van der Waals surface area contributed by atoms with Gasteiger partial charge in [0, 0.05) is 48.2 Å². The highest BCUT2D eigenvalue weighted by Gasteiger charge is 2.22. The molecule has 0 aliphatic carbocycles. The van der Waals surface area contributed by atoms with Crippen LogP contribution in [0.5, 0.6) is 0 Å².